The summed E-state index contributed by atoms with van der Waals surface area (Å²) in [5, 5.41) is 0. The van der Waals surface area contributed by atoms with Crippen molar-refractivity contribution in [1.29, 1.82) is 0 Å². The standard InChI is InChI=1S/C16H18N6O2S/c17-15(18)21-16(19)20-12-5-7-13(8-6-12)25(23,24)22-10-9-11-3-1-2-4-14(11)22/h1-8H,9-10H2,(H6,17,18,19,20,21). The lowest BCUT2D eigenvalue weighted by Crippen LogP contribution is -2.29. The molecule has 0 spiro atoms. The maximum absolute atomic E-state index is 12.9. The number of sulfonamides is 1. The molecule has 0 fully saturated rings. The lowest BCUT2D eigenvalue weighted by Gasteiger charge is -2.19. The Balaban J connectivity index is 1.89. The van der Waals surface area contributed by atoms with E-state index in [1.54, 1.807) is 12.1 Å². The zero-order chi connectivity index (χ0) is 18.0. The predicted octanol–water partition coefficient (Wildman–Crippen LogP) is 0.658. The number of benzene rings is 2. The summed E-state index contributed by atoms with van der Waals surface area (Å²) in [5.74, 6) is -0.308. The van der Waals surface area contributed by atoms with E-state index >= 15 is 0 Å². The molecule has 3 rings (SSSR count). The fourth-order valence-electron chi connectivity index (χ4n) is 2.67. The summed E-state index contributed by atoms with van der Waals surface area (Å²) in [6.45, 7) is 0.430. The molecule has 1 aliphatic heterocycles. The van der Waals surface area contributed by atoms with Gasteiger partial charge in [-0.05, 0) is 42.3 Å². The van der Waals surface area contributed by atoms with Gasteiger partial charge in [0.2, 0.25) is 5.96 Å². The molecule has 6 N–H and O–H groups in total. The Morgan fingerprint density at radius 1 is 1.00 bits per heavy atom. The van der Waals surface area contributed by atoms with Crippen molar-refractivity contribution in [3.63, 3.8) is 0 Å². The van der Waals surface area contributed by atoms with Crippen LogP contribution < -0.4 is 21.5 Å². The van der Waals surface area contributed by atoms with E-state index in [2.05, 4.69) is 9.98 Å². The van der Waals surface area contributed by atoms with Crippen molar-refractivity contribution >= 4 is 33.3 Å². The van der Waals surface area contributed by atoms with Gasteiger partial charge in [0.1, 0.15) is 0 Å². The number of guanidine groups is 2. The van der Waals surface area contributed by atoms with Crippen LogP contribution in [-0.4, -0.2) is 26.9 Å². The number of rotatable bonds is 3. The molecule has 8 nitrogen and oxygen atoms in total. The van der Waals surface area contributed by atoms with Crippen LogP contribution in [-0.2, 0) is 16.4 Å². The number of para-hydroxylation sites is 1. The summed E-state index contributed by atoms with van der Waals surface area (Å²) in [7, 11) is -3.63. The smallest absolute Gasteiger partial charge is 0.264 e. The van der Waals surface area contributed by atoms with Gasteiger partial charge in [0.15, 0.2) is 5.96 Å². The van der Waals surface area contributed by atoms with Crippen LogP contribution >= 0.6 is 0 Å². The molecule has 9 heteroatoms. The molecule has 0 bridgehead atoms. The van der Waals surface area contributed by atoms with Crippen LogP contribution in [0.3, 0.4) is 0 Å². The molecular weight excluding hydrogens is 340 g/mol. The van der Waals surface area contributed by atoms with Crippen molar-refractivity contribution in [3.05, 3.63) is 54.1 Å². The second kappa shape index (κ2) is 6.44. The zero-order valence-electron chi connectivity index (χ0n) is 13.3. The van der Waals surface area contributed by atoms with Gasteiger partial charge in [-0.15, -0.1) is 0 Å². The minimum atomic E-state index is -3.63. The van der Waals surface area contributed by atoms with Crippen LogP contribution in [0.5, 0.6) is 0 Å². The molecule has 0 saturated heterocycles. The number of hydrogen-bond donors (Lipinski definition) is 3. The second-order valence-corrected chi connectivity index (χ2v) is 7.32. The number of nitrogens with two attached hydrogens (primary N) is 3. The van der Waals surface area contributed by atoms with Crippen LogP contribution in [0.15, 0.2) is 63.4 Å². The Bertz CT molecular complexity index is 947. The molecule has 1 heterocycles. The Labute approximate surface area is 145 Å². The fraction of sp³-hybridized carbons (Fsp3) is 0.125. The zero-order valence-corrected chi connectivity index (χ0v) is 14.1. The summed E-state index contributed by atoms with van der Waals surface area (Å²) in [6, 6.07) is 13.5. The highest BCUT2D eigenvalue weighted by molar-refractivity contribution is 7.92. The molecular formula is C16H18N6O2S. The van der Waals surface area contributed by atoms with Gasteiger partial charge in [-0.25, -0.2) is 13.4 Å². The monoisotopic (exact) mass is 358 g/mol. The summed E-state index contributed by atoms with van der Waals surface area (Å²) in [5.41, 5.74) is 18.2. The first-order chi connectivity index (χ1) is 11.9. The van der Waals surface area contributed by atoms with Crippen molar-refractivity contribution in [2.45, 2.75) is 11.3 Å². The third kappa shape index (κ3) is 3.41. The van der Waals surface area contributed by atoms with Gasteiger partial charge in [-0.1, -0.05) is 18.2 Å². The lowest BCUT2D eigenvalue weighted by atomic mass is 10.2. The van der Waals surface area contributed by atoms with E-state index in [-0.39, 0.29) is 16.8 Å². The maximum atomic E-state index is 12.9. The van der Waals surface area contributed by atoms with Gasteiger partial charge in [0, 0.05) is 6.54 Å². The number of aliphatic imine (C=N–C) groups is 2. The van der Waals surface area contributed by atoms with E-state index in [1.807, 2.05) is 24.3 Å². The van der Waals surface area contributed by atoms with Crippen molar-refractivity contribution in [2.75, 3.05) is 10.8 Å². The fourth-order valence-corrected chi connectivity index (χ4v) is 4.17. The molecule has 0 radical (unpaired) electrons. The Kier molecular flexibility index (Phi) is 4.32. The van der Waals surface area contributed by atoms with E-state index in [1.165, 1.54) is 16.4 Å². The van der Waals surface area contributed by atoms with Crippen molar-refractivity contribution in [2.24, 2.45) is 27.2 Å². The molecule has 2 aromatic rings. The van der Waals surface area contributed by atoms with Gasteiger partial charge in [-0.3, -0.25) is 4.31 Å². The average molecular weight is 358 g/mol. The molecule has 0 amide bonds. The van der Waals surface area contributed by atoms with Crippen LogP contribution in [0.25, 0.3) is 0 Å². The lowest BCUT2D eigenvalue weighted by molar-refractivity contribution is 0.592. The quantitative estimate of drug-likeness (QED) is 0.546. The summed E-state index contributed by atoms with van der Waals surface area (Å²) >= 11 is 0. The Morgan fingerprint density at radius 2 is 1.68 bits per heavy atom. The normalized spacial score (nSPS) is 14.2. The van der Waals surface area contributed by atoms with Crippen molar-refractivity contribution in [3.8, 4) is 0 Å². The highest BCUT2D eigenvalue weighted by Crippen LogP contribution is 2.32. The third-order valence-electron chi connectivity index (χ3n) is 3.76. The van der Waals surface area contributed by atoms with E-state index < -0.39 is 10.0 Å². The minimum absolute atomic E-state index is 0.107. The van der Waals surface area contributed by atoms with Gasteiger partial charge in [-0.2, -0.15) is 4.99 Å². The summed E-state index contributed by atoms with van der Waals surface area (Å²) in [4.78, 5) is 7.78. The summed E-state index contributed by atoms with van der Waals surface area (Å²) < 4.78 is 27.2. The van der Waals surface area contributed by atoms with Crippen molar-refractivity contribution in [1.82, 2.24) is 0 Å². The van der Waals surface area contributed by atoms with Crippen LogP contribution in [0, 0.1) is 0 Å². The number of anilines is 1. The molecule has 25 heavy (non-hydrogen) atoms. The molecule has 0 unspecified atom stereocenters. The topological polar surface area (TPSA) is 140 Å². The number of hydrogen-bond acceptors (Lipinski definition) is 3. The number of fused-ring (bicyclic) bond motifs is 1. The second-order valence-electron chi connectivity index (χ2n) is 5.46. The highest BCUT2D eigenvalue weighted by atomic mass is 32.2. The Hall–Kier alpha value is -3.07. The first-order valence-electron chi connectivity index (χ1n) is 7.52. The minimum Gasteiger partial charge on any atom is -0.370 e. The predicted molar refractivity (Wildman–Crippen MR) is 98.2 cm³/mol. The van der Waals surface area contributed by atoms with E-state index in [0.29, 0.717) is 18.7 Å². The third-order valence-corrected chi connectivity index (χ3v) is 5.58. The Morgan fingerprint density at radius 3 is 2.36 bits per heavy atom. The largest absolute Gasteiger partial charge is 0.370 e. The van der Waals surface area contributed by atoms with E-state index in [0.717, 1.165) is 11.3 Å². The first kappa shape index (κ1) is 16.8. The molecule has 0 aromatic heterocycles. The highest BCUT2D eigenvalue weighted by Gasteiger charge is 2.30. The SMILES string of the molecule is NC(N)=NC(N)=Nc1ccc(S(=O)(=O)N2CCc3ccccc32)cc1. The van der Waals surface area contributed by atoms with Crippen LogP contribution in [0.4, 0.5) is 11.4 Å². The maximum Gasteiger partial charge on any atom is 0.264 e. The van der Waals surface area contributed by atoms with Gasteiger partial charge in [0.25, 0.3) is 10.0 Å². The van der Waals surface area contributed by atoms with E-state index in [4.69, 9.17) is 17.2 Å². The van der Waals surface area contributed by atoms with Crippen molar-refractivity contribution < 1.29 is 8.42 Å². The van der Waals surface area contributed by atoms with Gasteiger partial charge in [0.05, 0.1) is 16.3 Å². The molecule has 0 aliphatic carbocycles. The van der Waals surface area contributed by atoms with E-state index in [9.17, 15) is 8.42 Å². The van der Waals surface area contributed by atoms with Crippen LogP contribution in [0.2, 0.25) is 0 Å². The molecule has 1 aliphatic rings. The molecule has 0 saturated carbocycles. The number of nitrogens with zero attached hydrogens (tertiary/aromatic N) is 3. The molecule has 130 valence electrons. The van der Waals surface area contributed by atoms with Gasteiger partial charge < -0.3 is 17.2 Å². The summed E-state index contributed by atoms with van der Waals surface area (Å²) in [6.07, 6.45) is 0.701. The molecule has 2 aromatic carbocycles. The van der Waals surface area contributed by atoms with Crippen LogP contribution in [0.1, 0.15) is 5.56 Å². The first-order valence-corrected chi connectivity index (χ1v) is 8.96. The van der Waals surface area contributed by atoms with Gasteiger partial charge >= 0.3 is 0 Å². The molecule has 0 atom stereocenters. The average Bonchev–Trinajstić information content (AvgIpc) is 2.99.